The SMILES string of the molecule is [C-]#[N+]C(C)(C)CCCCCCCCCCOC. The Morgan fingerprint density at radius 1 is 0.882 bits per heavy atom. The molecule has 0 aromatic heterocycles. The molecule has 0 aromatic rings. The van der Waals surface area contributed by atoms with Crippen molar-refractivity contribution in [1.29, 1.82) is 0 Å². The highest BCUT2D eigenvalue weighted by Crippen LogP contribution is 2.19. The number of ether oxygens (including phenoxy) is 1. The zero-order chi connectivity index (χ0) is 13.0. The van der Waals surface area contributed by atoms with E-state index >= 15 is 0 Å². The lowest BCUT2D eigenvalue weighted by Gasteiger charge is -2.10. The van der Waals surface area contributed by atoms with Gasteiger partial charge in [0, 0.05) is 34.0 Å². The third-order valence-electron chi connectivity index (χ3n) is 3.19. The molecule has 0 spiro atoms. The second kappa shape index (κ2) is 10.6. The maximum absolute atomic E-state index is 7.05. The second-order valence-corrected chi connectivity index (χ2v) is 5.50. The minimum absolute atomic E-state index is 0.139. The Balaban J connectivity index is 3.12. The van der Waals surface area contributed by atoms with Crippen LogP contribution in [0.2, 0.25) is 0 Å². The summed E-state index contributed by atoms with van der Waals surface area (Å²) in [4.78, 5) is 3.63. The highest BCUT2D eigenvalue weighted by atomic mass is 16.5. The highest BCUT2D eigenvalue weighted by molar-refractivity contribution is 4.88. The number of nitrogens with zero attached hydrogens (tertiary/aromatic N) is 1. The van der Waals surface area contributed by atoms with E-state index in [-0.39, 0.29) is 5.54 Å². The molecule has 0 aromatic carbocycles. The fraction of sp³-hybridized carbons (Fsp3) is 0.933. The minimum Gasteiger partial charge on any atom is -0.385 e. The van der Waals surface area contributed by atoms with Crippen molar-refractivity contribution in [2.75, 3.05) is 13.7 Å². The third-order valence-corrected chi connectivity index (χ3v) is 3.19. The molecule has 0 unspecified atom stereocenters. The lowest BCUT2D eigenvalue weighted by molar-refractivity contribution is 0.192. The van der Waals surface area contributed by atoms with Crippen LogP contribution in [0.1, 0.15) is 71.6 Å². The number of unbranched alkanes of at least 4 members (excludes halogenated alkanes) is 7. The molecule has 0 aliphatic heterocycles. The van der Waals surface area contributed by atoms with Crippen LogP contribution in [-0.4, -0.2) is 19.3 Å². The monoisotopic (exact) mass is 239 g/mol. The first kappa shape index (κ1) is 16.4. The Hall–Kier alpha value is -0.550. The Bertz CT molecular complexity index is 205. The van der Waals surface area contributed by atoms with Gasteiger partial charge in [-0.05, 0) is 12.8 Å². The summed E-state index contributed by atoms with van der Waals surface area (Å²) in [5.74, 6) is 0. The molecular weight excluding hydrogens is 210 g/mol. The molecule has 0 heterocycles. The zero-order valence-corrected chi connectivity index (χ0v) is 11.9. The van der Waals surface area contributed by atoms with Gasteiger partial charge >= 0.3 is 0 Å². The topological polar surface area (TPSA) is 13.6 Å². The van der Waals surface area contributed by atoms with Crippen LogP contribution in [0.5, 0.6) is 0 Å². The fourth-order valence-electron chi connectivity index (χ4n) is 1.92. The quantitative estimate of drug-likeness (QED) is 0.371. The van der Waals surface area contributed by atoms with Crippen LogP contribution < -0.4 is 0 Å². The van der Waals surface area contributed by atoms with Crippen molar-refractivity contribution < 1.29 is 4.74 Å². The van der Waals surface area contributed by atoms with Crippen LogP contribution in [-0.2, 0) is 4.74 Å². The van der Waals surface area contributed by atoms with Gasteiger partial charge in [0.2, 0.25) is 5.54 Å². The van der Waals surface area contributed by atoms with Crippen LogP contribution in [0.3, 0.4) is 0 Å². The van der Waals surface area contributed by atoms with E-state index in [4.69, 9.17) is 11.3 Å². The first-order valence-electron chi connectivity index (χ1n) is 7.00. The lowest BCUT2D eigenvalue weighted by Crippen LogP contribution is -2.12. The van der Waals surface area contributed by atoms with Crippen molar-refractivity contribution in [2.24, 2.45) is 0 Å². The Morgan fingerprint density at radius 2 is 1.35 bits per heavy atom. The predicted molar refractivity (Wildman–Crippen MR) is 74.1 cm³/mol. The smallest absolute Gasteiger partial charge is 0.227 e. The van der Waals surface area contributed by atoms with Gasteiger partial charge in [-0.25, -0.2) is 6.57 Å². The van der Waals surface area contributed by atoms with Crippen LogP contribution in [0.4, 0.5) is 0 Å². The molecule has 0 saturated heterocycles. The van der Waals surface area contributed by atoms with Crippen LogP contribution >= 0.6 is 0 Å². The predicted octanol–water partition coefficient (Wildman–Crippen LogP) is 4.84. The van der Waals surface area contributed by atoms with E-state index in [0.717, 1.165) is 13.0 Å². The molecule has 0 atom stereocenters. The standard InChI is InChI=1S/C15H29NO/c1-15(2,16-3)13-11-9-7-5-6-8-10-12-14-17-4/h5-14H2,1-2,4H3. The summed E-state index contributed by atoms with van der Waals surface area (Å²) in [6, 6.07) is 0. The van der Waals surface area contributed by atoms with E-state index in [9.17, 15) is 0 Å². The van der Waals surface area contributed by atoms with Gasteiger partial charge in [-0.1, -0.05) is 38.5 Å². The van der Waals surface area contributed by atoms with Gasteiger partial charge in [0.1, 0.15) is 0 Å². The molecule has 0 amide bonds. The van der Waals surface area contributed by atoms with Crippen LogP contribution in [0, 0.1) is 6.57 Å². The average Bonchev–Trinajstić information content (AvgIpc) is 2.31. The fourth-order valence-corrected chi connectivity index (χ4v) is 1.92. The summed E-state index contributed by atoms with van der Waals surface area (Å²) in [6.07, 6.45) is 11.4. The molecule has 0 bridgehead atoms. The van der Waals surface area contributed by atoms with E-state index in [1.807, 2.05) is 13.8 Å². The molecule has 0 N–H and O–H groups in total. The molecule has 0 radical (unpaired) electrons. The van der Waals surface area contributed by atoms with Gasteiger partial charge < -0.3 is 9.58 Å². The van der Waals surface area contributed by atoms with Crippen LogP contribution in [0.15, 0.2) is 0 Å². The van der Waals surface area contributed by atoms with Crippen LogP contribution in [0.25, 0.3) is 4.85 Å². The molecule has 2 nitrogen and oxygen atoms in total. The summed E-state index contributed by atoms with van der Waals surface area (Å²) in [5, 5.41) is 0. The van der Waals surface area contributed by atoms with Crippen molar-refractivity contribution >= 4 is 0 Å². The first-order valence-corrected chi connectivity index (χ1v) is 7.00. The maximum atomic E-state index is 7.05. The first-order chi connectivity index (χ1) is 8.12. The van der Waals surface area contributed by atoms with E-state index in [1.54, 1.807) is 7.11 Å². The van der Waals surface area contributed by atoms with Crippen molar-refractivity contribution in [1.82, 2.24) is 0 Å². The number of hydrogen-bond acceptors (Lipinski definition) is 1. The molecule has 0 aliphatic rings. The Labute approximate surface area is 108 Å². The second-order valence-electron chi connectivity index (χ2n) is 5.50. The van der Waals surface area contributed by atoms with Gasteiger partial charge in [0.05, 0.1) is 0 Å². The molecule has 17 heavy (non-hydrogen) atoms. The average molecular weight is 239 g/mol. The Morgan fingerprint density at radius 3 is 1.82 bits per heavy atom. The van der Waals surface area contributed by atoms with E-state index in [2.05, 4.69) is 4.85 Å². The summed E-state index contributed by atoms with van der Waals surface area (Å²) < 4.78 is 5.02. The molecule has 2 heteroatoms. The molecular formula is C15H29NO. The molecule has 0 rings (SSSR count). The molecule has 0 saturated carbocycles. The summed E-state index contributed by atoms with van der Waals surface area (Å²) in [7, 11) is 1.77. The van der Waals surface area contributed by atoms with Gasteiger partial charge in [-0.3, -0.25) is 0 Å². The molecule has 100 valence electrons. The normalized spacial score (nSPS) is 11.4. The van der Waals surface area contributed by atoms with Gasteiger partial charge in [0.25, 0.3) is 0 Å². The highest BCUT2D eigenvalue weighted by Gasteiger charge is 2.21. The number of rotatable bonds is 11. The maximum Gasteiger partial charge on any atom is 0.227 e. The third kappa shape index (κ3) is 11.7. The van der Waals surface area contributed by atoms with E-state index in [1.165, 1.54) is 51.4 Å². The summed E-state index contributed by atoms with van der Waals surface area (Å²) >= 11 is 0. The number of hydrogen-bond donors (Lipinski definition) is 0. The molecule has 0 fully saturated rings. The lowest BCUT2D eigenvalue weighted by atomic mass is 9.97. The molecule has 0 aliphatic carbocycles. The van der Waals surface area contributed by atoms with Gasteiger partial charge in [-0.2, -0.15) is 0 Å². The van der Waals surface area contributed by atoms with Crippen molar-refractivity contribution in [3.8, 4) is 0 Å². The Kier molecular flexibility index (Phi) is 10.3. The van der Waals surface area contributed by atoms with Crippen molar-refractivity contribution in [3.63, 3.8) is 0 Å². The van der Waals surface area contributed by atoms with Crippen molar-refractivity contribution in [3.05, 3.63) is 11.4 Å². The summed E-state index contributed by atoms with van der Waals surface area (Å²) in [5.41, 5.74) is -0.139. The minimum atomic E-state index is -0.139. The largest absolute Gasteiger partial charge is 0.385 e. The van der Waals surface area contributed by atoms with Crippen molar-refractivity contribution in [2.45, 2.75) is 77.2 Å². The summed E-state index contributed by atoms with van der Waals surface area (Å²) in [6.45, 7) is 12.0. The van der Waals surface area contributed by atoms with Gasteiger partial charge in [-0.15, -0.1) is 0 Å². The van der Waals surface area contributed by atoms with E-state index < -0.39 is 0 Å². The van der Waals surface area contributed by atoms with Gasteiger partial charge in [0.15, 0.2) is 0 Å². The zero-order valence-electron chi connectivity index (χ0n) is 11.9. The van der Waals surface area contributed by atoms with E-state index in [0.29, 0.717) is 0 Å². The number of methoxy groups -OCH3 is 1.